The first-order chi connectivity index (χ1) is 23.6. The van der Waals surface area contributed by atoms with Gasteiger partial charge in [0.1, 0.15) is 17.7 Å². The van der Waals surface area contributed by atoms with Gasteiger partial charge in [0.25, 0.3) is 0 Å². The monoisotopic (exact) mass is 666 g/mol. The van der Waals surface area contributed by atoms with Crippen molar-refractivity contribution in [2.45, 2.75) is 58.0 Å². The third-order valence-corrected chi connectivity index (χ3v) is 8.54. The molecule has 49 heavy (non-hydrogen) atoms. The largest absolute Gasteiger partial charge is 0.453 e. The van der Waals surface area contributed by atoms with Gasteiger partial charge < -0.3 is 35.1 Å². The van der Waals surface area contributed by atoms with E-state index in [1.807, 2.05) is 75.3 Å². The van der Waals surface area contributed by atoms with Crippen molar-refractivity contribution >= 4 is 28.9 Å². The molecule has 0 bridgehead atoms. The number of aromatic amines is 2. The van der Waals surface area contributed by atoms with Crippen LogP contribution >= 0.6 is 0 Å². The molecule has 1 aliphatic rings. The molecular weight excluding hydrogens is 620 g/mol. The van der Waals surface area contributed by atoms with Gasteiger partial charge in [-0.2, -0.15) is 0 Å². The van der Waals surface area contributed by atoms with E-state index in [2.05, 4.69) is 37.4 Å². The fourth-order valence-electron chi connectivity index (χ4n) is 5.97. The maximum atomic E-state index is 13.4. The fraction of sp³-hybridized carbons (Fsp3) is 0.432. The lowest BCUT2D eigenvalue weighted by Gasteiger charge is -2.30. The first-order valence-corrected chi connectivity index (χ1v) is 16.8. The average Bonchev–Trinajstić information content (AvgIpc) is 3.85. The molecule has 2 atom stereocenters. The first-order valence-electron chi connectivity index (χ1n) is 16.8. The lowest BCUT2D eigenvalue weighted by atomic mass is 10.0. The van der Waals surface area contributed by atoms with E-state index in [9.17, 15) is 14.4 Å². The molecule has 0 radical (unpaired) electrons. The molecule has 258 valence electrons. The van der Waals surface area contributed by atoms with E-state index >= 15 is 0 Å². The predicted octanol–water partition coefficient (Wildman–Crippen LogP) is 4.40. The molecular formula is C37H46N8O4. The normalized spacial score (nSPS) is 14.9. The highest BCUT2D eigenvalue weighted by atomic mass is 16.5. The van der Waals surface area contributed by atoms with Gasteiger partial charge in [-0.15, -0.1) is 0 Å². The summed E-state index contributed by atoms with van der Waals surface area (Å²) in [5.41, 5.74) is 5.47. The number of hydrogen-bond donors (Lipinski definition) is 4. The number of fused-ring (bicyclic) bond motifs is 1. The summed E-state index contributed by atoms with van der Waals surface area (Å²) in [7, 11) is 5.05. The van der Waals surface area contributed by atoms with Crippen LogP contribution in [0.3, 0.4) is 0 Å². The summed E-state index contributed by atoms with van der Waals surface area (Å²) in [6.07, 6.45) is 5.46. The van der Waals surface area contributed by atoms with Crippen LogP contribution < -0.4 is 10.6 Å². The molecule has 3 heterocycles. The second-order valence-corrected chi connectivity index (χ2v) is 13.0. The van der Waals surface area contributed by atoms with Crippen molar-refractivity contribution < 1.29 is 19.1 Å². The Morgan fingerprint density at radius 2 is 1.82 bits per heavy atom. The minimum Gasteiger partial charge on any atom is -0.453 e. The van der Waals surface area contributed by atoms with Crippen molar-refractivity contribution in [1.82, 2.24) is 40.4 Å². The summed E-state index contributed by atoms with van der Waals surface area (Å²) < 4.78 is 4.74. The predicted molar refractivity (Wildman–Crippen MR) is 188 cm³/mol. The van der Waals surface area contributed by atoms with Gasteiger partial charge in [-0.25, -0.2) is 14.8 Å². The molecule has 4 N–H and O–H groups in total. The highest BCUT2D eigenvalue weighted by Crippen LogP contribution is 2.32. The van der Waals surface area contributed by atoms with Crippen molar-refractivity contribution in [3.63, 3.8) is 0 Å². The number of unbranched alkanes of at least 4 members (excludes halogenated alkanes) is 1. The second-order valence-electron chi connectivity index (χ2n) is 13.0. The van der Waals surface area contributed by atoms with Crippen molar-refractivity contribution in [2.75, 3.05) is 40.8 Å². The van der Waals surface area contributed by atoms with E-state index in [1.165, 1.54) is 7.11 Å². The maximum Gasteiger partial charge on any atom is 0.407 e. The summed E-state index contributed by atoms with van der Waals surface area (Å²) in [6, 6.07) is 13.1. The number of imidazole rings is 2. The SMILES string of the molecule is COC(=O)NC(C(=O)N1CCCC1c1ncc(-c2ccc(C#Cc3ccc4nc(CCCCNC(=O)CN(C)C)[nH]c4c3)cc2)[nH]1)C(C)C. The Bertz CT molecular complexity index is 1810. The number of methoxy groups -OCH3 is 1. The van der Waals surface area contributed by atoms with Gasteiger partial charge in [0.05, 0.1) is 42.6 Å². The van der Waals surface area contributed by atoms with Crippen molar-refractivity contribution in [1.29, 1.82) is 0 Å². The fourth-order valence-corrected chi connectivity index (χ4v) is 5.97. The van der Waals surface area contributed by atoms with Crippen LogP contribution in [0.2, 0.25) is 0 Å². The zero-order valence-electron chi connectivity index (χ0n) is 28.9. The Labute approximate surface area is 287 Å². The third-order valence-electron chi connectivity index (χ3n) is 8.54. The number of alkyl carbamates (subject to hydrolysis) is 1. The third kappa shape index (κ3) is 9.27. The number of likely N-dealkylation sites (N-methyl/N-ethyl adjacent to an activating group) is 1. The minimum atomic E-state index is -0.675. The van der Waals surface area contributed by atoms with Gasteiger partial charge in [0, 0.05) is 30.6 Å². The van der Waals surface area contributed by atoms with Crippen LogP contribution in [-0.4, -0.2) is 94.5 Å². The number of likely N-dealkylation sites (tertiary alicyclic amines) is 1. The number of carbonyl (C=O) groups excluding carboxylic acids is 3. The molecule has 2 unspecified atom stereocenters. The van der Waals surface area contributed by atoms with Crippen molar-refractivity contribution in [3.8, 4) is 23.1 Å². The molecule has 5 rings (SSSR count). The Hall–Kier alpha value is -5.15. The molecule has 1 fully saturated rings. The summed E-state index contributed by atoms with van der Waals surface area (Å²) in [5.74, 6) is 7.99. The highest BCUT2D eigenvalue weighted by Gasteiger charge is 2.37. The molecule has 1 aliphatic heterocycles. The molecule has 1 saturated heterocycles. The topological polar surface area (TPSA) is 148 Å². The van der Waals surface area contributed by atoms with Gasteiger partial charge in [-0.3, -0.25) is 9.59 Å². The molecule has 0 saturated carbocycles. The average molecular weight is 667 g/mol. The van der Waals surface area contributed by atoms with Crippen LogP contribution in [0.5, 0.6) is 0 Å². The molecule has 0 spiro atoms. The number of benzene rings is 2. The zero-order valence-corrected chi connectivity index (χ0v) is 28.9. The highest BCUT2D eigenvalue weighted by molar-refractivity contribution is 5.86. The van der Waals surface area contributed by atoms with Gasteiger partial charge in [0.2, 0.25) is 11.8 Å². The Balaban J connectivity index is 1.17. The molecule has 4 aromatic rings. The first kappa shape index (κ1) is 35.2. The number of nitrogens with zero attached hydrogens (tertiary/aromatic N) is 4. The van der Waals surface area contributed by atoms with Gasteiger partial charge >= 0.3 is 6.09 Å². The standard InChI is InChI=1S/C37H46N8O4/c1-24(2)34(43-37(48)49-5)36(47)45-20-8-9-31(45)35-39-22-30(42-35)27-16-13-25(14-17-27)11-12-26-15-18-28-29(21-26)41-32(40-28)10-6-7-19-38-33(46)23-44(3)4/h13-18,21-22,24,31,34H,6-10,19-20,23H2,1-5H3,(H,38,46)(H,39,42)(H,40,41)(H,43,48). The quantitative estimate of drug-likeness (QED) is 0.129. The van der Waals surface area contributed by atoms with Gasteiger partial charge in [0.15, 0.2) is 0 Å². The lowest BCUT2D eigenvalue weighted by molar-refractivity contribution is -0.135. The van der Waals surface area contributed by atoms with Crippen LogP contribution in [0.25, 0.3) is 22.3 Å². The molecule has 2 aromatic carbocycles. The minimum absolute atomic E-state index is 0.0424. The number of aromatic nitrogens is 4. The van der Waals surface area contributed by atoms with Gasteiger partial charge in [-0.05, 0) is 81.6 Å². The summed E-state index contributed by atoms with van der Waals surface area (Å²) in [6.45, 7) is 5.47. The molecule has 2 aromatic heterocycles. The van der Waals surface area contributed by atoms with Crippen LogP contribution in [0.15, 0.2) is 48.7 Å². The van der Waals surface area contributed by atoms with Crippen LogP contribution in [0.4, 0.5) is 4.79 Å². The Morgan fingerprint density at radius 1 is 1.06 bits per heavy atom. The van der Waals surface area contributed by atoms with E-state index in [4.69, 9.17) is 9.72 Å². The number of nitrogens with one attached hydrogen (secondary N) is 4. The maximum absolute atomic E-state index is 13.4. The van der Waals surface area contributed by atoms with Crippen LogP contribution in [0.1, 0.15) is 68.3 Å². The van der Waals surface area contributed by atoms with Crippen LogP contribution in [-0.2, 0) is 20.7 Å². The van der Waals surface area contributed by atoms with E-state index < -0.39 is 12.1 Å². The van der Waals surface area contributed by atoms with E-state index in [0.717, 1.165) is 77.2 Å². The smallest absolute Gasteiger partial charge is 0.407 e. The van der Waals surface area contributed by atoms with E-state index in [-0.39, 0.29) is 23.8 Å². The summed E-state index contributed by atoms with van der Waals surface area (Å²) >= 11 is 0. The Kier molecular flexibility index (Phi) is 11.7. The Morgan fingerprint density at radius 3 is 2.55 bits per heavy atom. The number of H-pyrrole nitrogens is 2. The summed E-state index contributed by atoms with van der Waals surface area (Å²) in [4.78, 5) is 56.9. The molecule has 0 aliphatic carbocycles. The lowest BCUT2D eigenvalue weighted by Crippen LogP contribution is -2.51. The summed E-state index contributed by atoms with van der Waals surface area (Å²) in [5, 5.41) is 5.63. The number of amides is 3. The molecule has 12 heteroatoms. The van der Waals surface area contributed by atoms with Crippen LogP contribution in [0, 0.1) is 17.8 Å². The number of carbonyl (C=O) groups is 3. The van der Waals surface area contributed by atoms with Crippen molar-refractivity contribution in [2.24, 2.45) is 5.92 Å². The van der Waals surface area contributed by atoms with Crippen molar-refractivity contribution in [3.05, 3.63) is 71.4 Å². The second kappa shape index (κ2) is 16.3. The number of rotatable bonds is 12. The molecule has 3 amide bonds. The van der Waals surface area contributed by atoms with Gasteiger partial charge in [-0.1, -0.05) is 37.8 Å². The number of ether oxygens (including phenoxy) is 1. The molecule has 12 nitrogen and oxygen atoms in total. The zero-order chi connectivity index (χ0) is 34.9. The van der Waals surface area contributed by atoms with E-state index in [0.29, 0.717) is 19.6 Å². The van der Waals surface area contributed by atoms with E-state index in [1.54, 1.807) is 11.1 Å². The number of hydrogen-bond acceptors (Lipinski definition) is 7. The number of aryl methyl sites for hydroxylation is 1.